The van der Waals surface area contributed by atoms with Crippen molar-refractivity contribution in [3.05, 3.63) is 0 Å². The van der Waals surface area contributed by atoms with Crippen LogP contribution in [0.1, 0.15) is 20.8 Å². The van der Waals surface area contributed by atoms with Crippen LogP contribution < -0.4 is 5.43 Å². The Kier molecular flexibility index (Phi) is 5.42. The average Bonchev–Trinajstić information content (AvgIpc) is 1.98. The third kappa shape index (κ3) is 3.68. The van der Waals surface area contributed by atoms with Gasteiger partial charge in [0.25, 0.3) is 0 Å². The highest BCUT2D eigenvalue weighted by Gasteiger charge is 2.14. The Hall–Kier alpha value is -0.150. The van der Waals surface area contributed by atoms with Gasteiger partial charge in [0.05, 0.1) is 0 Å². The van der Waals surface area contributed by atoms with E-state index in [1.807, 2.05) is 12.1 Å². The molecule has 0 aromatic carbocycles. The van der Waals surface area contributed by atoms with E-state index in [0.29, 0.717) is 18.5 Å². The molecule has 1 N–H and O–H groups in total. The Morgan fingerprint density at radius 2 is 1.91 bits per heavy atom. The summed E-state index contributed by atoms with van der Waals surface area (Å²) >= 11 is 0. The van der Waals surface area contributed by atoms with Crippen LogP contribution in [0.3, 0.4) is 0 Å². The van der Waals surface area contributed by atoms with Gasteiger partial charge in [-0.3, -0.25) is 5.43 Å². The lowest BCUT2D eigenvalue weighted by molar-refractivity contribution is 0.107. The van der Waals surface area contributed by atoms with E-state index in [-0.39, 0.29) is 6.67 Å². The molecule has 0 saturated heterocycles. The van der Waals surface area contributed by atoms with E-state index in [1.54, 1.807) is 0 Å². The Labute approximate surface area is 68.7 Å². The van der Waals surface area contributed by atoms with E-state index in [9.17, 15) is 4.39 Å². The molecule has 0 aliphatic carbocycles. The summed E-state index contributed by atoms with van der Waals surface area (Å²) in [6.07, 6.45) is 0. The monoisotopic (exact) mass is 162 g/mol. The van der Waals surface area contributed by atoms with E-state index in [1.165, 1.54) is 0 Å². The van der Waals surface area contributed by atoms with Gasteiger partial charge in [-0.2, -0.15) is 0 Å². The van der Waals surface area contributed by atoms with Gasteiger partial charge in [-0.05, 0) is 19.9 Å². The van der Waals surface area contributed by atoms with Crippen LogP contribution in [0.5, 0.6) is 0 Å². The predicted molar refractivity (Wildman–Crippen MR) is 46.0 cm³/mol. The molecule has 0 radical (unpaired) electrons. The summed E-state index contributed by atoms with van der Waals surface area (Å²) in [5.74, 6) is 0.550. The van der Waals surface area contributed by atoms with Crippen LogP contribution in [-0.2, 0) is 0 Å². The maximum atomic E-state index is 12.0. The predicted octanol–water partition coefficient (Wildman–Crippen LogP) is 1.44. The number of nitrogens with zero attached hydrogens (tertiary/aromatic N) is 1. The molecular formula is C8H19FN2. The van der Waals surface area contributed by atoms with Gasteiger partial charge >= 0.3 is 0 Å². The number of halogens is 1. The number of hydrazine groups is 1. The smallest absolute Gasteiger partial charge is 0.103 e. The number of hydrogen-bond acceptors (Lipinski definition) is 2. The van der Waals surface area contributed by atoms with Crippen molar-refractivity contribution in [1.29, 1.82) is 0 Å². The largest absolute Gasteiger partial charge is 0.258 e. The fourth-order valence-corrected chi connectivity index (χ4v) is 0.970. The maximum absolute atomic E-state index is 12.0. The summed E-state index contributed by atoms with van der Waals surface area (Å²) in [6.45, 7) is 6.53. The molecule has 0 saturated carbocycles. The Morgan fingerprint density at radius 1 is 1.36 bits per heavy atom. The standard InChI is InChI=1S/C8H19FN2/c1-7(2)8(3)11(10-4)6-5-9/h7-8,10H,5-6H2,1-4H3. The molecule has 0 aliphatic rings. The summed E-state index contributed by atoms with van der Waals surface area (Å²) in [7, 11) is 1.83. The molecule has 0 aromatic rings. The van der Waals surface area contributed by atoms with Crippen LogP contribution in [0, 0.1) is 5.92 Å². The summed E-state index contributed by atoms with van der Waals surface area (Å²) in [4.78, 5) is 0. The molecule has 68 valence electrons. The molecule has 0 aromatic heterocycles. The number of alkyl halides is 1. The summed E-state index contributed by atoms with van der Waals surface area (Å²) in [5.41, 5.74) is 2.98. The van der Waals surface area contributed by atoms with Gasteiger partial charge in [0.1, 0.15) is 6.67 Å². The van der Waals surface area contributed by atoms with E-state index in [2.05, 4.69) is 26.2 Å². The van der Waals surface area contributed by atoms with Crippen molar-refractivity contribution in [3.63, 3.8) is 0 Å². The first-order chi connectivity index (χ1) is 5.13. The first-order valence-corrected chi connectivity index (χ1v) is 4.13. The molecule has 0 rings (SSSR count). The zero-order chi connectivity index (χ0) is 8.85. The number of hydrogen-bond donors (Lipinski definition) is 1. The summed E-state index contributed by atoms with van der Waals surface area (Å²) in [6, 6.07) is 0.385. The molecule has 0 bridgehead atoms. The van der Waals surface area contributed by atoms with Crippen molar-refractivity contribution in [1.82, 2.24) is 10.4 Å². The molecular weight excluding hydrogens is 143 g/mol. The highest BCUT2D eigenvalue weighted by atomic mass is 19.1. The molecule has 0 heterocycles. The van der Waals surface area contributed by atoms with Crippen LogP contribution in [0.25, 0.3) is 0 Å². The van der Waals surface area contributed by atoms with Gasteiger partial charge in [0, 0.05) is 12.6 Å². The first-order valence-electron chi connectivity index (χ1n) is 4.13. The fourth-order valence-electron chi connectivity index (χ4n) is 0.970. The van der Waals surface area contributed by atoms with E-state index in [0.717, 1.165) is 0 Å². The maximum Gasteiger partial charge on any atom is 0.103 e. The van der Waals surface area contributed by atoms with Gasteiger partial charge in [-0.15, -0.1) is 0 Å². The third-order valence-electron chi connectivity index (χ3n) is 2.07. The second kappa shape index (κ2) is 5.49. The lowest BCUT2D eigenvalue weighted by Gasteiger charge is -2.29. The average molecular weight is 162 g/mol. The normalized spacial score (nSPS) is 14.5. The summed E-state index contributed by atoms with van der Waals surface area (Å²) in [5, 5.41) is 1.92. The molecule has 0 aliphatic heterocycles. The highest BCUT2D eigenvalue weighted by Crippen LogP contribution is 2.06. The minimum atomic E-state index is -0.294. The van der Waals surface area contributed by atoms with Crippen molar-refractivity contribution >= 4 is 0 Å². The second-order valence-corrected chi connectivity index (χ2v) is 3.09. The van der Waals surface area contributed by atoms with Crippen LogP contribution in [0.4, 0.5) is 4.39 Å². The molecule has 1 atom stereocenters. The van der Waals surface area contributed by atoms with Crippen LogP contribution in [0.2, 0.25) is 0 Å². The van der Waals surface area contributed by atoms with E-state index in [4.69, 9.17) is 0 Å². The second-order valence-electron chi connectivity index (χ2n) is 3.09. The molecule has 0 amide bonds. The summed E-state index contributed by atoms with van der Waals surface area (Å²) < 4.78 is 12.0. The zero-order valence-electron chi connectivity index (χ0n) is 7.89. The van der Waals surface area contributed by atoms with Crippen molar-refractivity contribution in [2.24, 2.45) is 5.92 Å². The van der Waals surface area contributed by atoms with E-state index < -0.39 is 0 Å². The Morgan fingerprint density at radius 3 is 2.18 bits per heavy atom. The van der Waals surface area contributed by atoms with E-state index >= 15 is 0 Å². The molecule has 0 fully saturated rings. The van der Waals surface area contributed by atoms with Crippen LogP contribution in [0.15, 0.2) is 0 Å². The molecule has 1 unspecified atom stereocenters. The topological polar surface area (TPSA) is 15.3 Å². The molecule has 3 heteroatoms. The number of nitrogens with one attached hydrogen (secondary N) is 1. The zero-order valence-corrected chi connectivity index (χ0v) is 7.89. The SMILES string of the molecule is CNN(CCF)C(C)C(C)C. The lowest BCUT2D eigenvalue weighted by atomic mass is 10.1. The van der Waals surface area contributed by atoms with Crippen molar-refractivity contribution < 1.29 is 4.39 Å². The highest BCUT2D eigenvalue weighted by molar-refractivity contribution is 4.65. The van der Waals surface area contributed by atoms with Crippen molar-refractivity contribution in [2.45, 2.75) is 26.8 Å². The van der Waals surface area contributed by atoms with Crippen LogP contribution in [-0.4, -0.2) is 31.3 Å². The lowest BCUT2D eigenvalue weighted by Crippen LogP contribution is -2.45. The van der Waals surface area contributed by atoms with Gasteiger partial charge in [-0.1, -0.05) is 13.8 Å². The van der Waals surface area contributed by atoms with Crippen molar-refractivity contribution in [3.8, 4) is 0 Å². The van der Waals surface area contributed by atoms with Crippen molar-refractivity contribution in [2.75, 3.05) is 20.3 Å². The minimum Gasteiger partial charge on any atom is -0.258 e. The van der Waals surface area contributed by atoms with Gasteiger partial charge in [0.15, 0.2) is 0 Å². The quantitative estimate of drug-likeness (QED) is 0.615. The minimum absolute atomic E-state index is 0.294. The number of rotatable bonds is 5. The molecule has 0 spiro atoms. The first kappa shape index (κ1) is 10.8. The van der Waals surface area contributed by atoms with Gasteiger partial charge in [-0.25, -0.2) is 9.40 Å². The molecule has 2 nitrogen and oxygen atoms in total. The van der Waals surface area contributed by atoms with Crippen LogP contribution >= 0.6 is 0 Å². The Bertz CT molecular complexity index is 96.1. The molecule has 11 heavy (non-hydrogen) atoms. The van der Waals surface area contributed by atoms with Gasteiger partial charge in [0.2, 0.25) is 0 Å². The fraction of sp³-hybridized carbons (Fsp3) is 1.00. The Balaban J connectivity index is 3.81. The van der Waals surface area contributed by atoms with Gasteiger partial charge < -0.3 is 0 Å². The third-order valence-corrected chi connectivity index (χ3v) is 2.07.